The van der Waals surface area contributed by atoms with E-state index < -0.39 is 0 Å². The Hall–Kier alpha value is -2.50. The van der Waals surface area contributed by atoms with Gasteiger partial charge in [-0.1, -0.05) is 95.2 Å². The van der Waals surface area contributed by atoms with E-state index in [1.807, 2.05) is 24.4 Å². The first-order chi connectivity index (χ1) is 17.2. The van der Waals surface area contributed by atoms with Crippen LogP contribution in [0.25, 0.3) is 43.8 Å². The van der Waals surface area contributed by atoms with E-state index in [-0.39, 0.29) is 0 Å². The van der Waals surface area contributed by atoms with Gasteiger partial charge in [0.25, 0.3) is 0 Å². The standard InChI is InChI=1S/C30H28Br2N2O/c1-2-3-4-5-6-9-16-35-28-11-8-7-10-24(28)27-19-33-29-25-17-20(31)12-14-22(25)23-15-13-21(32)18-26(23)30(29)34-27/h7-8,10-15,17-19H,2-6,9,16H2,1H3. The molecule has 0 aliphatic carbocycles. The third-order valence-corrected chi connectivity index (χ3v) is 7.44. The van der Waals surface area contributed by atoms with Crippen LogP contribution in [0.15, 0.2) is 75.8 Å². The highest BCUT2D eigenvalue weighted by Crippen LogP contribution is 2.37. The average molecular weight is 592 g/mol. The third kappa shape index (κ3) is 5.22. The van der Waals surface area contributed by atoms with Crippen LogP contribution in [0.2, 0.25) is 0 Å². The molecule has 4 aromatic carbocycles. The molecular weight excluding hydrogens is 564 g/mol. The first-order valence-corrected chi connectivity index (χ1v) is 13.9. The van der Waals surface area contributed by atoms with Crippen LogP contribution in [0.3, 0.4) is 0 Å². The van der Waals surface area contributed by atoms with E-state index in [4.69, 9.17) is 14.7 Å². The molecule has 1 aromatic heterocycles. The van der Waals surface area contributed by atoms with Crippen molar-refractivity contribution in [2.75, 3.05) is 6.61 Å². The molecule has 35 heavy (non-hydrogen) atoms. The number of aromatic nitrogens is 2. The molecule has 0 aliphatic heterocycles. The predicted molar refractivity (Wildman–Crippen MR) is 154 cm³/mol. The summed E-state index contributed by atoms with van der Waals surface area (Å²) in [4.78, 5) is 10.1. The number of hydrogen-bond acceptors (Lipinski definition) is 3. The number of rotatable bonds is 9. The second-order valence-corrected chi connectivity index (χ2v) is 10.8. The largest absolute Gasteiger partial charge is 0.493 e. The van der Waals surface area contributed by atoms with Gasteiger partial charge in [-0.25, -0.2) is 4.98 Å². The number of unbranched alkanes of at least 4 members (excludes halogenated alkanes) is 5. The molecule has 1 heterocycles. The predicted octanol–water partition coefficient (Wildman–Crippen LogP) is 9.87. The highest BCUT2D eigenvalue weighted by molar-refractivity contribution is 9.10. The second kappa shape index (κ2) is 11.0. The quantitative estimate of drug-likeness (QED) is 0.126. The summed E-state index contributed by atoms with van der Waals surface area (Å²) in [6.07, 6.45) is 9.34. The van der Waals surface area contributed by atoms with Crippen LogP contribution in [0, 0.1) is 0 Å². The molecule has 0 fully saturated rings. The Morgan fingerprint density at radius 3 is 2.11 bits per heavy atom. The van der Waals surface area contributed by atoms with Crippen LogP contribution in [0.4, 0.5) is 0 Å². The molecule has 5 aromatic rings. The summed E-state index contributed by atoms with van der Waals surface area (Å²) in [5.74, 6) is 0.865. The molecule has 0 unspecified atom stereocenters. The summed E-state index contributed by atoms with van der Waals surface area (Å²) in [5.41, 5.74) is 3.60. The van der Waals surface area contributed by atoms with Crippen molar-refractivity contribution in [1.82, 2.24) is 9.97 Å². The molecule has 0 N–H and O–H groups in total. The number of ether oxygens (including phenoxy) is 1. The van der Waals surface area contributed by atoms with Crippen molar-refractivity contribution in [1.29, 1.82) is 0 Å². The minimum atomic E-state index is 0.721. The molecule has 5 heteroatoms. The Labute approximate surface area is 223 Å². The van der Waals surface area contributed by atoms with Crippen LogP contribution in [-0.2, 0) is 0 Å². The molecule has 0 saturated carbocycles. The number of benzene rings is 4. The normalized spacial score (nSPS) is 11.5. The molecule has 0 atom stereocenters. The fraction of sp³-hybridized carbons (Fsp3) is 0.267. The second-order valence-electron chi connectivity index (χ2n) is 8.94. The first-order valence-electron chi connectivity index (χ1n) is 12.3. The zero-order valence-electron chi connectivity index (χ0n) is 19.9. The van der Waals surface area contributed by atoms with Gasteiger partial charge in [0.2, 0.25) is 0 Å². The van der Waals surface area contributed by atoms with Gasteiger partial charge in [0, 0.05) is 25.3 Å². The van der Waals surface area contributed by atoms with E-state index in [1.165, 1.54) is 42.9 Å². The molecule has 0 bridgehead atoms. The fourth-order valence-corrected chi connectivity index (χ4v) is 5.39. The van der Waals surface area contributed by atoms with Gasteiger partial charge in [-0.15, -0.1) is 0 Å². The van der Waals surface area contributed by atoms with E-state index in [2.05, 4.69) is 81.2 Å². The maximum Gasteiger partial charge on any atom is 0.128 e. The van der Waals surface area contributed by atoms with Crippen molar-refractivity contribution in [2.24, 2.45) is 0 Å². The summed E-state index contributed by atoms with van der Waals surface area (Å²) in [6, 6.07) is 20.9. The maximum absolute atomic E-state index is 6.22. The molecule has 0 aliphatic rings. The van der Waals surface area contributed by atoms with Gasteiger partial charge < -0.3 is 4.74 Å². The van der Waals surface area contributed by atoms with Gasteiger partial charge in [0.15, 0.2) is 0 Å². The van der Waals surface area contributed by atoms with Crippen molar-refractivity contribution >= 4 is 64.4 Å². The van der Waals surface area contributed by atoms with Crippen molar-refractivity contribution in [3.8, 4) is 17.0 Å². The molecular formula is C30H28Br2N2O. The minimum Gasteiger partial charge on any atom is -0.493 e. The molecule has 178 valence electrons. The number of hydrogen-bond donors (Lipinski definition) is 0. The fourth-order valence-electron chi connectivity index (χ4n) is 4.67. The monoisotopic (exact) mass is 590 g/mol. The summed E-state index contributed by atoms with van der Waals surface area (Å²) >= 11 is 7.28. The van der Waals surface area contributed by atoms with Crippen molar-refractivity contribution < 1.29 is 4.74 Å². The number of fused-ring (bicyclic) bond motifs is 6. The van der Waals surface area contributed by atoms with Crippen molar-refractivity contribution in [3.63, 3.8) is 0 Å². The minimum absolute atomic E-state index is 0.721. The highest BCUT2D eigenvalue weighted by Gasteiger charge is 2.15. The Kier molecular flexibility index (Phi) is 7.64. The SMILES string of the molecule is CCCCCCCCOc1ccccc1-c1cnc2c3cc(Br)ccc3c3ccc(Br)cc3c2n1. The van der Waals surface area contributed by atoms with Crippen LogP contribution < -0.4 is 4.74 Å². The van der Waals surface area contributed by atoms with Crippen LogP contribution >= 0.6 is 31.9 Å². The van der Waals surface area contributed by atoms with Crippen molar-refractivity contribution in [3.05, 3.63) is 75.8 Å². The van der Waals surface area contributed by atoms with Crippen LogP contribution in [-0.4, -0.2) is 16.6 Å². The lowest BCUT2D eigenvalue weighted by atomic mass is 9.99. The summed E-state index contributed by atoms with van der Waals surface area (Å²) in [7, 11) is 0. The zero-order chi connectivity index (χ0) is 24.2. The number of nitrogens with zero attached hydrogens (tertiary/aromatic N) is 2. The first kappa shape index (κ1) is 24.2. The lowest BCUT2D eigenvalue weighted by Gasteiger charge is -2.13. The number of para-hydroxylation sites is 1. The molecule has 0 amide bonds. The van der Waals surface area contributed by atoms with Gasteiger partial charge in [-0.05, 0) is 53.6 Å². The van der Waals surface area contributed by atoms with E-state index in [0.29, 0.717) is 0 Å². The van der Waals surface area contributed by atoms with Crippen molar-refractivity contribution in [2.45, 2.75) is 45.4 Å². The molecule has 3 nitrogen and oxygen atoms in total. The average Bonchev–Trinajstić information content (AvgIpc) is 2.88. The van der Waals surface area contributed by atoms with Gasteiger partial charge in [-0.3, -0.25) is 4.98 Å². The lowest BCUT2D eigenvalue weighted by molar-refractivity contribution is 0.305. The Morgan fingerprint density at radius 1 is 0.714 bits per heavy atom. The molecule has 5 rings (SSSR count). The van der Waals surface area contributed by atoms with E-state index in [9.17, 15) is 0 Å². The Balaban J connectivity index is 1.54. The smallest absolute Gasteiger partial charge is 0.128 e. The third-order valence-electron chi connectivity index (χ3n) is 6.45. The maximum atomic E-state index is 6.22. The molecule has 0 spiro atoms. The van der Waals surface area contributed by atoms with Gasteiger partial charge in [0.05, 0.1) is 29.5 Å². The summed E-state index contributed by atoms with van der Waals surface area (Å²) in [6.45, 7) is 2.97. The van der Waals surface area contributed by atoms with E-state index in [0.717, 1.165) is 60.8 Å². The Morgan fingerprint density at radius 2 is 1.37 bits per heavy atom. The topological polar surface area (TPSA) is 35.0 Å². The highest BCUT2D eigenvalue weighted by atomic mass is 79.9. The Bertz CT molecular complexity index is 1500. The van der Waals surface area contributed by atoms with Crippen LogP contribution in [0.1, 0.15) is 45.4 Å². The number of halogens is 2. The summed E-state index contributed by atoms with van der Waals surface area (Å²) < 4.78 is 8.28. The lowest BCUT2D eigenvalue weighted by Crippen LogP contribution is -2.00. The van der Waals surface area contributed by atoms with Crippen LogP contribution in [0.5, 0.6) is 5.75 Å². The van der Waals surface area contributed by atoms with E-state index in [1.54, 1.807) is 0 Å². The van der Waals surface area contributed by atoms with Gasteiger partial charge in [0.1, 0.15) is 5.75 Å². The zero-order valence-corrected chi connectivity index (χ0v) is 23.0. The van der Waals surface area contributed by atoms with Gasteiger partial charge >= 0.3 is 0 Å². The summed E-state index contributed by atoms with van der Waals surface area (Å²) in [5, 5.41) is 4.52. The molecule has 0 radical (unpaired) electrons. The van der Waals surface area contributed by atoms with E-state index >= 15 is 0 Å². The molecule has 0 saturated heterocycles. The van der Waals surface area contributed by atoms with Gasteiger partial charge in [-0.2, -0.15) is 0 Å².